The minimum atomic E-state index is -1.94. The Morgan fingerprint density at radius 1 is 1.02 bits per heavy atom. The lowest BCUT2D eigenvalue weighted by Gasteiger charge is -2.45. The number of hydrogen-bond donors (Lipinski definition) is 2. The lowest BCUT2D eigenvalue weighted by Crippen LogP contribution is -2.60. The van der Waals surface area contributed by atoms with Crippen LogP contribution in [-0.2, 0) is 47.6 Å². The van der Waals surface area contributed by atoms with Gasteiger partial charge in [0.15, 0.2) is 0 Å². The Labute approximate surface area is 241 Å². The molecule has 0 spiro atoms. The molecule has 6 atom stereocenters. The van der Waals surface area contributed by atoms with Crippen molar-refractivity contribution in [1.29, 1.82) is 0 Å². The maximum Gasteiger partial charge on any atom is 0.348 e. The summed E-state index contributed by atoms with van der Waals surface area (Å²) in [6, 6.07) is 0. The smallest absolute Gasteiger partial charge is 0.348 e. The number of carbonyl (C=O) groups excluding carboxylic acids is 4. The van der Waals surface area contributed by atoms with Crippen molar-refractivity contribution in [2.45, 2.75) is 104 Å². The zero-order chi connectivity index (χ0) is 31.1. The first-order chi connectivity index (χ1) is 19.1. The number of ether oxygens (including phenoxy) is 6. The minimum absolute atomic E-state index is 0.0223. The van der Waals surface area contributed by atoms with E-state index >= 15 is 0 Å². The third-order valence-electron chi connectivity index (χ3n) is 7.09. The summed E-state index contributed by atoms with van der Waals surface area (Å²) in [7, 11) is 0. The van der Waals surface area contributed by atoms with E-state index in [0.29, 0.717) is 0 Å². The van der Waals surface area contributed by atoms with E-state index in [1.54, 1.807) is 20.8 Å². The van der Waals surface area contributed by atoms with E-state index < -0.39 is 78.6 Å². The van der Waals surface area contributed by atoms with Gasteiger partial charge in [-0.1, -0.05) is 41.5 Å². The van der Waals surface area contributed by atoms with Crippen LogP contribution >= 0.6 is 0 Å². The Morgan fingerprint density at radius 3 is 2.15 bits per heavy atom. The molecular weight excluding hydrogens is 540 g/mol. The Kier molecular flexibility index (Phi) is 12.2. The van der Waals surface area contributed by atoms with Crippen molar-refractivity contribution >= 4 is 23.9 Å². The average molecular weight is 587 g/mol. The van der Waals surface area contributed by atoms with Gasteiger partial charge in [-0.2, -0.15) is 0 Å². The van der Waals surface area contributed by atoms with Crippen LogP contribution in [0.1, 0.15) is 74.7 Å². The first kappa shape index (κ1) is 34.5. The van der Waals surface area contributed by atoms with Gasteiger partial charge >= 0.3 is 23.9 Å². The van der Waals surface area contributed by atoms with Crippen molar-refractivity contribution in [1.82, 2.24) is 0 Å². The summed E-state index contributed by atoms with van der Waals surface area (Å²) in [5, 5.41) is 22.7. The van der Waals surface area contributed by atoms with Crippen LogP contribution in [0.25, 0.3) is 0 Å². The van der Waals surface area contributed by atoms with Gasteiger partial charge in [-0.3, -0.25) is 14.4 Å². The molecule has 0 bridgehead atoms. The van der Waals surface area contributed by atoms with Crippen LogP contribution in [0.5, 0.6) is 0 Å². The van der Waals surface area contributed by atoms with Gasteiger partial charge in [0.05, 0.1) is 12.9 Å². The SMILES string of the molecule is CCO[C@@]1(CO)[C@@H](OC(C)=O)C[C@]2(O)C(COC(=O)C(OC(=O)CC(C)C)C(C)C)=CO[C@@H](OC(=O)CC(C)C)[C@H]12. The molecule has 12 nitrogen and oxygen atoms in total. The fraction of sp³-hybridized carbons (Fsp3) is 0.793. The molecule has 1 heterocycles. The second-order valence-corrected chi connectivity index (χ2v) is 11.8. The van der Waals surface area contributed by atoms with Crippen molar-refractivity contribution < 1.29 is 57.8 Å². The second kappa shape index (κ2) is 14.5. The standard InChI is InChI=1S/C29H46O12/c1-9-38-29(15-30)21(39-19(8)31)12-28(35)20(14-37-27(25(28)29)41-23(33)11-17(4)5)13-36-26(34)24(18(6)7)40-22(32)10-16(2)3/h14,16-18,21,24-25,27,30,35H,9-13,15H2,1-8H3/t21-,24?,25-,27-,28-,29-/m0/s1. The highest BCUT2D eigenvalue weighted by Gasteiger charge is 2.71. The van der Waals surface area contributed by atoms with E-state index in [9.17, 15) is 29.4 Å². The molecule has 1 fully saturated rings. The molecular formula is C29H46O12. The highest BCUT2D eigenvalue weighted by Crippen LogP contribution is 2.54. The van der Waals surface area contributed by atoms with Crippen LogP contribution < -0.4 is 0 Å². The molecule has 1 saturated carbocycles. The van der Waals surface area contributed by atoms with Crippen LogP contribution in [0.2, 0.25) is 0 Å². The number of rotatable bonds is 14. The summed E-state index contributed by atoms with van der Waals surface area (Å²) < 4.78 is 33.7. The zero-order valence-electron chi connectivity index (χ0n) is 25.3. The molecule has 0 amide bonds. The molecule has 2 N–H and O–H groups in total. The summed E-state index contributed by atoms with van der Waals surface area (Å²) >= 11 is 0. The summed E-state index contributed by atoms with van der Waals surface area (Å²) in [5.41, 5.74) is -3.59. The third kappa shape index (κ3) is 8.20. The molecule has 1 aliphatic carbocycles. The van der Waals surface area contributed by atoms with Crippen LogP contribution in [0.4, 0.5) is 0 Å². The van der Waals surface area contributed by atoms with Crippen molar-refractivity contribution in [3.05, 3.63) is 11.8 Å². The summed E-state index contributed by atoms with van der Waals surface area (Å²) in [4.78, 5) is 49.9. The molecule has 12 heteroatoms. The number of aliphatic hydroxyl groups excluding tert-OH is 1. The Balaban J connectivity index is 2.42. The van der Waals surface area contributed by atoms with Gasteiger partial charge in [0, 0.05) is 44.3 Å². The fourth-order valence-electron chi connectivity index (χ4n) is 5.32. The van der Waals surface area contributed by atoms with Crippen LogP contribution in [0.15, 0.2) is 11.8 Å². The normalized spacial score (nSPS) is 28.0. The maximum absolute atomic E-state index is 13.0. The van der Waals surface area contributed by atoms with Gasteiger partial charge in [-0.25, -0.2) is 4.79 Å². The average Bonchev–Trinajstić information content (AvgIpc) is 3.08. The van der Waals surface area contributed by atoms with Crippen LogP contribution in [-0.4, -0.2) is 83.6 Å². The van der Waals surface area contributed by atoms with Gasteiger partial charge in [0.25, 0.3) is 6.29 Å². The zero-order valence-corrected chi connectivity index (χ0v) is 25.3. The fourth-order valence-corrected chi connectivity index (χ4v) is 5.32. The lowest BCUT2D eigenvalue weighted by molar-refractivity contribution is -0.250. The highest BCUT2D eigenvalue weighted by atomic mass is 16.7. The topological polar surface area (TPSA) is 164 Å². The van der Waals surface area contributed by atoms with E-state index in [-0.39, 0.29) is 43.3 Å². The molecule has 2 rings (SSSR count). The van der Waals surface area contributed by atoms with Crippen molar-refractivity contribution in [2.24, 2.45) is 23.7 Å². The molecule has 1 unspecified atom stereocenters. The van der Waals surface area contributed by atoms with E-state index in [0.717, 1.165) is 6.26 Å². The first-order valence-electron chi connectivity index (χ1n) is 14.2. The van der Waals surface area contributed by atoms with Gasteiger partial charge in [0.1, 0.15) is 29.8 Å². The maximum atomic E-state index is 13.0. The van der Waals surface area contributed by atoms with E-state index in [1.165, 1.54) is 6.92 Å². The molecule has 1 aliphatic heterocycles. The molecule has 0 radical (unpaired) electrons. The van der Waals surface area contributed by atoms with Gasteiger partial charge in [-0.15, -0.1) is 0 Å². The second-order valence-electron chi connectivity index (χ2n) is 11.8. The number of esters is 4. The number of fused-ring (bicyclic) bond motifs is 1. The van der Waals surface area contributed by atoms with Crippen LogP contribution in [0, 0.1) is 23.7 Å². The molecule has 0 aromatic heterocycles. The number of hydrogen-bond acceptors (Lipinski definition) is 12. The predicted molar refractivity (Wildman–Crippen MR) is 144 cm³/mol. The largest absolute Gasteiger partial charge is 0.462 e. The lowest BCUT2D eigenvalue weighted by atomic mass is 9.77. The first-order valence-corrected chi connectivity index (χ1v) is 14.2. The molecule has 0 saturated heterocycles. The predicted octanol–water partition coefficient (Wildman–Crippen LogP) is 2.42. The third-order valence-corrected chi connectivity index (χ3v) is 7.09. The summed E-state index contributed by atoms with van der Waals surface area (Å²) in [6.45, 7) is 12.5. The number of carbonyl (C=O) groups is 4. The minimum Gasteiger partial charge on any atom is -0.462 e. The molecule has 2 aliphatic rings. The monoisotopic (exact) mass is 586 g/mol. The van der Waals surface area contributed by atoms with Gasteiger partial charge in [-0.05, 0) is 18.8 Å². The summed E-state index contributed by atoms with van der Waals surface area (Å²) in [5.74, 6) is -4.27. The van der Waals surface area contributed by atoms with E-state index in [2.05, 4.69) is 0 Å². The highest BCUT2D eigenvalue weighted by molar-refractivity contribution is 5.80. The van der Waals surface area contributed by atoms with Crippen molar-refractivity contribution in [3.63, 3.8) is 0 Å². The Hall–Kier alpha value is -2.70. The van der Waals surface area contributed by atoms with Gasteiger partial charge < -0.3 is 38.6 Å². The summed E-state index contributed by atoms with van der Waals surface area (Å²) in [6.07, 6.45) is -2.68. The van der Waals surface area contributed by atoms with Crippen LogP contribution in [0.3, 0.4) is 0 Å². The van der Waals surface area contributed by atoms with Gasteiger partial charge in [0.2, 0.25) is 6.10 Å². The van der Waals surface area contributed by atoms with E-state index in [4.69, 9.17) is 28.4 Å². The van der Waals surface area contributed by atoms with Crippen molar-refractivity contribution in [3.8, 4) is 0 Å². The Morgan fingerprint density at radius 2 is 1.63 bits per heavy atom. The quantitative estimate of drug-likeness (QED) is 0.226. The number of aliphatic hydroxyl groups is 2. The Bertz CT molecular complexity index is 973. The van der Waals surface area contributed by atoms with E-state index in [1.807, 2.05) is 27.7 Å². The van der Waals surface area contributed by atoms with Crippen molar-refractivity contribution in [2.75, 3.05) is 19.8 Å². The molecule has 234 valence electrons. The molecule has 41 heavy (non-hydrogen) atoms. The molecule has 0 aromatic carbocycles. The molecule has 0 aromatic rings.